The molecule has 1 aromatic carbocycles. The van der Waals surface area contributed by atoms with Crippen LogP contribution in [-0.2, 0) is 4.74 Å². The highest BCUT2D eigenvalue weighted by Crippen LogP contribution is 2.21. The Morgan fingerprint density at radius 1 is 1.27 bits per heavy atom. The lowest BCUT2D eigenvalue weighted by Gasteiger charge is -2.35. The summed E-state index contributed by atoms with van der Waals surface area (Å²) < 4.78 is 10.8. The van der Waals surface area contributed by atoms with Gasteiger partial charge in [-0.2, -0.15) is 0 Å². The Bertz CT molecular complexity index is 657. The van der Waals surface area contributed by atoms with Gasteiger partial charge >= 0.3 is 0 Å². The second-order valence-corrected chi connectivity index (χ2v) is 6.37. The van der Waals surface area contributed by atoms with Gasteiger partial charge in [-0.05, 0) is 19.9 Å². The second kappa shape index (κ2) is 6.10. The monoisotopic (exact) mass is 302 g/mol. The largest absolute Gasteiger partial charge is 0.463 e. The molecule has 0 atom stereocenters. The van der Waals surface area contributed by atoms with E-state index in [9.17, 15) is 4.79 Å². The highest BCUT2D eigenvalue weighted by Gasteiger charge is 2.26. The first kappa shape index (κ1) is 15.1. The first-order valence-electron chi connectivity index (χ1n) is 7.64. The van der Waals surface area contributed by atoms with Crippen molar-refractivity contribution in [3.63, 3.8) is 0 Å². The molecule has 2 heterocycles. The Morgan fingerprint density at radius 2 is 2.00 bits per heavy atom. The zero-order valence-electron chi connectivity index (χ0n) is 13.1. The van der Waals surface area contributed by atoms with Crippen LogP contribution in [0.1, 0.15) is 24.2 Å². The Balaban J connectivity index is 1.69. The van der Waals surface area contributed by atoms with Crippen LogP contribution < -0.4 is 5.32 Å². The summed E-state index contributed by atoms with van der Waals surface area (Å²) in [5.41, 5.74) is 1.01. The molecule has 1 aromatic heterocycles. The Labute approximate surface area is 130 Å². The molecule has 1 aliphatic heterocycles. The zero-order chi connectivity index (χ0) is 15.6. The number of ether oxygens (including phenoxy) is 1. The first-order valence-corrected chi connectivity index (χ1v) is 7.64. The van der Waals surface area contributed by atoms with E-state index in [1.807, 2.05) is 38.1 Å². The normalized spacial score (nSPS) is 16.8. The van der Waals surface area contributed by atoms with E-state index < -0.39 is 0 Å². The van der Waals surface area contributed by atoms with Crippen molar-refractivity contribution >= 4 is 16.9 Å². The maximum absolute atomic E-state index is 12.6. The fourth-order valence-electron chi connectivity index (χ4n) is 2.89. The number of nitrogens with one attached hydrogen (secondary N) is 1. The van der Waals surface area contributed by atoms with Gasteiger partial charge in [-0.25, -0.2) is 0 Å². The van der Waals surface area contributed by atoms with Crippen molar-refractivity contribution < 1.29 is 13.9 Å². The van der Waals surface area contributed by atoms with Gasteiger partial charge < -0.3 is 14.5 Å². The molecule has 22 heavy (non-hydrogen) atoms. The molecule has 1 amide bonds. The van der Waals surface area contributed by atoms with E-state index in [4.69, 9.17) is 9.15 Å². The molecule has 5 heteroatoms. The third-order valence-electron chi connectivity index (χ3n) is 3.90. The molecule has 0 bridgehead atoms. The molecule has 0 aliphatic carbocycles. The molecule has 1 N–H and O–H groups in total. The van der Waals surface area contributed by atoms with Gasteiger partial charge in [-0.3, -0.25) is 9.69 Å². The van der Waals surface area contributed by atoms with E-state index in [2.05, 4.69) is 10.2 Å². The summed E-state index contributed by atoms with van der Waals surface area (Å²) in [5.74, 6) is -0.0943. The molecule has 0 unspecified atom stereocenters. The summed E-state index contributed by atoms with van der Waals surface area (Å²) in [5, 5.41) is 3.97. The van der Waals surface area contributed by atoms with Crippen LogP contribution in [0.15, 0.2) is 34.9 Å². The van der Waals surface area contributed by atoms with E-state index in [-0.39, 0.29) is 11.4 Å². The number of rotatable bonds is 4. The lowest BCUT2D eigenvalue weighted by molar-refractivity contribution is 0.0269. The van der Waals surface area contributed by atoms with Crippen LogP contribution in [0.3, 0.4) is 0 Å². The number of para-hydroxylation sites is 1. The van der Waals surface area contributed by atoms with Gasteiger partial charge in [0, 0.05) is 30.6 Å². The molecular formula is C17H22N2O3. The average molecular weight is 302 g/mol. The summed E-state index contributed by atoms with van der Waals surface area (Å²) in [4.78, 5) is 14.9. The number of carbonyl (C=O) groups excluding carboxylic acids is 1. The molecule has 2 aromatic rings. The van der Waals surface area contributed by atoms with Crippen LogP contribution in [0.2, 0.25) is 0 Å². The van der Waals surface area contributed by atoms with E-state index in [0.29, 0.717) is 5.56 Å². The fraction of sp³-hybridized carbons (Fsp3) is 0.471. The maximum atomic E-state index is 12.6. The molecule has 1 aliphatic rings. The molecule has 0 spiro atoms. The molecule has 5 nitrogen and oxygen atoms in total. The third kappa shape index (κ3) is 3.31. The van der Waals surface area contributed by atoms with Crippen molar-refractivity contribution in [2.45, 2.75) is 19.4 Å². The van der Waals surface area contributed by atoms with Gasteiger partial charge in [0.05, 0.1) is 18.8 Å². The molecule has 1 fully saturated rings. The minimum absolute atomic E-state index is 0.0943. The molecular weight excluding hydrogens is 280 g/mol. The van der Waals surface area contributed by atoms with Gasteiger partial charge in [0.1, 0.15) is 11.8 Å². The van der Waals surface area contributed by atoms with Crippen molar-refractivity contribution in [3.05, 3.63) is 36.1 Å². The van der Waals surface area contributed by atoms with Crippen LogP contribution in [0.5, 0.6) is 0 Å². The molecule has 118 valence electrons. The van der Waals surface area contributed by atoms with Gasteiger partial charge in [0.25, 0.3) is 5.91 Å². The number of nitrogens with zero attached hydrogens (tertiary/aromatic N) is 1. The predicted octanol–water partition coefficient (Wildman–Crippen LogP) is 2.27. The molecule has 0 radical (unpaired) electrons. The minimum Gasteiger partial charge on any atom is -0.463 e. The Kier molecular flexibility index (Phi) is 4.18. The van der Waals surface area contributed by atoms with E-state index in [0.717, 1.165) is 43.8 Å². The highest BCUT2D eigenvalue weighted by molar-refractivity contribution is 6.06. The summed E-state index contributed by atoms with van der Waals surface area (Å²) in [6.07, 6.45) is 1.53. The van der Waals surface area contributed by atoms with Crippen molar-refractivity contribution in [2.24, 2.45) is 0 Å². The topological polar surface area (TPSA) is 54.7 Å². The molecule has 3 rings (SSSR count). The second-order valence-electron chi connectivity index (χ2n) is 6.37. The number of fused-ring (bicyclic) bond motifs is 1. The Hall–Kier alpha value is -1.85. The Morgan fingerprint density at radius 3 is 2.77 bits per heavy atom. The maximum Gasteiger partial charge on any atom is 0.255 e. The third-order valence-corrected chi connectivity index (χ3v) is 3.90. The number of furan rings is 1. The quantitative estimate of drug-likeness (QED) is 0.941. The average Bonchev–Trinajstić information content (AvgIpc) is 2.91. The number of benzene rings is 1. The highest BCUT2D eigenvalue weighted by atomic mass is 16.5. The smallest absolute Gasteiger partial charge is 0.255 e. The summed E-state index contributed by atoms with van der Waals surface area (Å²) in [6, 6.07) is 7.58. The lowest BCUT2D eigenvalue weighted by atomic mass is 10.0. The molecule has 0 saturated carbocycles. The van der Waals surface area contributed by atoms with Crippen LogP contribution in [-0.4, -0.2) is 49.2 Å². The summed E-state index contributed by atoms with van der Waals surface area (Å²) in [7, 11) is 0. The number of hydrogen-bond acceptors (Lipinski definition) is 4. The summed E-state index contributed by atoms with van der Waals surface area (Å²) in [6.45, 7) is 8.23. The minimum atomic E-state index is -0.313. The number of amides is 1. The van der Waals surface area contributed by atoms with E-state index in [1.54, 1.807) is 0 Å². The standard InChI is InChI=1S/C17H22N2O3/c1-17(2,12-19-7-9-21-10-8-19)18-16(20)14-11-22-15-6-4-3-5-13(14)15/h3-6,11H,7-10,12H2,1-2H3,(H,18,20). The van der Waals surface area contributed by atoms with Crippen LogP contribution in [0.25, 0.3) is 11.0 Å². The summed E-state index contributed by atoms with van der Waals surface area (Å²) >= 11 is 0. The van der Waals surface area contributed by atoms with Crippen molar-refractivity contribution in [3.8, 4) is 0 Å². The fourth-order valence-corrected chi connectivity index (χ4v) is 2.89. The van der Waals surface area contributed by atoms with Crippen molar-refractivity contribution in [1.29, 1.82) is 0 Å². The van der Waals surface area contributed by atoms with Crippen LogP contribution >= 0.6 is 0 Å². The van der Waals surface area contributed by atoms with Gasteiger partial charge in [-0.1, -0.05) is 18.2 Å². The van der Waals surface area contributed by atoms with Gasteiger partial charge in [0.2, 0.25) is 0 Å². The van der Waals surface area contributed by atoms with Crippen molar-refractivity contribution in [1.82, 2.24) is 10.2 Å². The van der Waals surface area contributed by atoms with E-state index in [1.165, 1.54) is 6.26 Å². The van der Waals surface area contributed by atoms with Crippen molar-refractivity contribution in [2.75, 3.05) is 32.8 Å². The van der Waals surface area contributed by atoms with E-state index >= 15 is 0 Å². The van der Waals surface area contributed by atoms with Crippen LogP contribution in [0.4, 0.5) is 0 Å². The number of carbonyl (C=O) groups is 1. The van der Waals surface area contributed by atoms with Crippen LogP contribution in [0, 0.1) is 0 Å². The predicted molar refractivity (Wildman–Crippen MR) is 85.0 cm³/mol. The number of hydrogen-bond donors (Lipinski definition) is 1. The van der Waals surface area contributed by atoms with Gasteiger partial charge in [-0.15, -0.1) is 0 Å². The SMILES string of the molecule is CC(C)(CN1CCOCC1)NC(=O)c1coc2ccccc12. The zero-order valence-corrected chi connectivity index (χ0v) is 13.1. The first-order chi connectivity index (χ1) is 10.6. The lowest BCUT2D eigenvalue weighted by Crippen LogP contribution is -2.53. The van der Waals surface area contributed by atoms with Gasteiger partial charge in [0.15, 0.2) is 0 Å². The number of morpholine rings is 1. The molecule has 1 saturated heterocycles.